The quantitative estimate of drug-likeness (QED) is 0.846. The lowest BCUT2D eigenvalue weighted by Crippen LogP contribution is -2.44. The van der Waals surface area contributed by atoms with Crippen LogP contribution in [-0.4, -0.2) is 28.8 Å². The van der Waals surface area contributed by atoms with Crippen molar-refractivity contribution in [2.45, 2.75) is 38.8 Å². The zero-order chi connectivity index (χ0) is 19.3. The van der Waals surface area contributed by atoms with Gasteiger partial charge in [-0.15, -0.1) is 0 Å². The van der Waals surface area contributed by atoms with E-state index in [9.17, 15) is 19.1 Å². The summed E-state index contributed by atoms with van der Waals surface area (Å²) in [5.74, 6) is -1.53. The van der Waals surface area contributed by atoms with E-state index in [2.05, 4.69) is 5.32 Å². The molecule has 0 radical (unpaired) electrons. The molecule has 0 aromatic heterocycles. The van der Waals surface area contributed by atoms with Crippen molar-refractivity contribution in [2.75, 3.05) is 0 Å². The van der Waals surface area contributed by atoms with E-state index in [1.165, 1.54) is 6.07 Å². The van der Waals surface area contributed by atoms with E-state index < -0.39 is 23.7 Å². The summed E-state index contributed by atoms with van der Waals surface area (Å²) in [5.41, 5.74) is 1.01. The number of carbonyl (C=O) groups is 2. The normalized spacial score (nSPS) is 12.3. The summed E-state index contributed by atoms with van der Waals surface area (Å²) in [6, 6.07) is 12.1. The summed E-state index contributed by atoms with van der Waals surface area (Å²) in [7, 11) is 0. The van der Waals surface area contributed by atoms with E-state index in [-0.39, 0.29) is 12.2 Å². The molecule has 0 spiro atoms. The number of benzene rings is 2. The molecule has 138 valence electrons. The molecule has 2 aromatic rings. The lowest BCUT2D eigenvalue weighted by atomic mass is 9.99. The molecule has 0 bridgehead atoms. The Kier molecular flexibility index (Phi) is 5.97. The number of ether oxygens (including phenoxy) is 1. The highest BCUT2D eigenvalue weighted by atomic mass is 19.1. The molecule has 5 nitrogen and oxygen atoms in total. The van der Waals surface area contributed by atoms with Crippen LogP contribution in [0.3, 0.4) is 0 Å². The standard InChI is InChI=1S/C20H22FNO4/c1-20(2,3)26-19(25)22-17(18(23)24)12-13-7-6-8-14(11-13)15-9-4-5-10-16(15)21/h4-11,17H,12H2,1-3H3,(H,22,25)(H,23,24). The van der Waals surface area contributed by atoms with Crippen LogP contribution in [0.25, 0.3) is 11.1 Å². The van der Waals surface area contributed by atoms with E-state index in [4.69, 9.17) is 4.74 Å². The van der Waals surface area contributed by atoms with Gasteiger partial charge >= 0.3 is 12.1 Å². The Morgan fingerprint density at radius 2 is 1.85 bits per heavy atom. The molecule has 0 saturated heterocycles. The van der Waals surface area contributed by atoms with Gasteiger partial charge in [-0.2, -0.15) is 0 Å². The molecule has 0 heterocycles. The van der Waals surface area contributed by atoms with Crippen molar-refractivity contribution in [3.8, 4) is 11.1 Å². The molecule has 1 amide bonds. The number of rotatable bonds is 5. The number of hydrogen-bond donors (Lipinski definition) is 2. The monoisotopic (exact) mass is 359 g/mol. The van der Waals surface area contributed by atoms with Gasteiger partial charge in [-0.05, 0) is 38.0 Å². The van der Waals surface area contributed by atoms with Gasteiger partial charge in [0.1, 0.15) is 17.5 Å². The minimum atomic E-state index is -1.17. The number of hydrogen-bond acceptors (Lipinski definition) is 3. The van der Waals surface area contributed by atoms with Crippen LogP contribution in [0.2, 0.25) is 0 Å². The molecule has 2 N–H and O–H groups in total. The summed E-state index contributed by atoms with van der Waals surface area (Å²) in [4.78, 5) is 23.3. The second-order valence-corrected chi connectivity index (χ2v) is 6.92. The van der Waals surface area contributed by atoms with Crippen LogP contribution < -0.4 is 5.32 Å². The molecule has 0 aliphatic heterocycles. The zero-order valence-corrected chi connectivity index (χ0v) is 15.0. The molecular formula is C20H22FNO4. The highest BCUT2D eigenvalue weighted by Crippen LogP contribution is 2.23. The number of nitrogens with one attached hydrogen (secondary N) is 1. The van der Waals surface area contributed by atoms with Crippen LogP contribution in [0.4, 0.5) is 9.18 Å². The maximum absolute atomic E-state index is 14.0. The second kappa shape index (κ2) is 7.99. The summed E-state index contributed by atoms with van der Waals surface area (Å²) in [5, 5.41) is 11.7. The first-order chi connectivity index (χ1) is 12.2. The summed E-state index contributed by atoms with van der Waals surface area (Å²) >= 11 is 0. The smallest absolute Gasteiger partial charge is 0.408 e. The third-order valence-electron chi connectivity index (χ3n) is 3.54. The number of carbonyl (C=O) groups excluding carboxylic acids is 1. The number of aliphatic carboxylic acids is 1. The Morgan fingerprint density at radius 3 is 2.46 bits per heavy atom. The fourth-order valence-electron chi connectivity index (χ4n) is 2.45. The molecule has 1 unspecified atom stereocenters. The van der Waals surface area contributed by atoms with Crippen LogP contribution >= 0.6 is 0 Å². The van der Waals surface area contributed by atoms with Crippen LogP contribution in [0, 0.1) is 5.82 Å². The first kappa shape index (κ1) is 19.4. The number of amides is 1. The minimum Gasteiger partial charge on any atom is -0.480 e. The minimum absolute atomic E-state index is 0.0524. The average Bonchev–Trinajstić information content (AvgIpc) is 2.53. The van der Waals surface area contributed by atoms with Gasteiger partial charge in [-0.1, -0.05) is 42.5 Å². The molecule has 0 aliphatic carbocycles. The number of alkyl carbamates (subject to hydrolysis) is 1. The van der Waals surface area contributed by atoms with Gasteiger partial charge in [0.2, 0.25) is 0 Å². The molecule has 6 heteroatoms. The van der Waals surface area contributed by atoms with Crippen molar-refractivity contribution in [1.82, 2.24) is 5.32 Å². The Hall–Kier alpha value is -2.89. The van der Waals surface area contributed by atoms with Crippen LogP contribution in [0.1, 0.15) is 26.3 Å². The van der Waals surface area contributed by atoms with Crippen molar-refractivity contribution >= 4 is 12.1 Å². The Labute approximate surface area is 151 Å². The van der Waals surface area contributed by atoms with E-state index in [0.29, 0.717) is 16.7 Å². The Balaban J connectivity index is 2.17. The second-order valence-electron chi connectivity index (χ2n) is 6.92. The fraction of sp³-hybridized carbons (Fsp3) is 0.300. The number of halogens is 1. The Bertz CT molecular complexity index is 798. The van der Waals surface area contributed by atoms with Gasteiger partial charge in [-0.25, -0.2) is 14.0 Å². The topological polar surface area (TPSA) is 75.6 Å². The fourth-order valence-corrected chi connectivity index (χ4v) is 2.45. The summed E-state index contributed by atoms with van der Waals surface area (Å²) < 4.78 is 19.1. The SMILES string of the molecule is CC(C)(C)OC(=O)NC(Cc1cccc(-c2ccccc2F)c1)C(=O)O. The lowest BCUT2D eigenvalue weighted by Gasteiger charge is -2.22. The molecule has 0 saturated carbocycles. The van der Waals surface area contributed by atoms with Crippen LogP contribution in [0.5, 0.6) is 0 Å². The van der Waals surface area contributed by atoms with E-state index in [1.54, 1.807) is 63.2 Å². The van der Waals surface area contributed by atoms with Gasteiger partial charge in [0.15, 0.2) is 0 Å². The third kappa shape index (κ3) is 5.58. The molecule has 2 aromatic carbocycles. The number of carboxylic acid groups (broad SMARTS) is 1. The number of carboxylic acids is 1. The van der Waals surface area contributed by atoms with Crippen molar-refractivity contribution in [3.63, 3.8) is 0 Å². The first-order valence-electron chi connectivity index (χ1n) is 8.22. The third-order valence-corrected chi connectivity index (χ3v) is 3.54. The molecule has 2 rings (SSSR count). The Morgan fingerprint density at radius 1 is 1.15 bits per heavy atom. The predicted molar refractivity (Wildman–Crippen MR) is 96.3 cm³/mol. The molecular weight excluding hydrogens is 337 g/mol. The van der Waals surface area contributed by atoms with Gasteiger partial charge < -0.3 is 15.2 Å². The maximum Gasteiger partial charge on any atom is 0.408 e. The lowest BCUT2D eigenvalue weighted by molar-refractivity contribution is -0.139. The van der Waals surface area contributed by atoms with Crippen molar-refractivity contribution < 1.29 is 23.8 Å². The highest BCUT2D eigenvalue weighted by Gasteiger charge is 2.24. The van der Waals surface area contributed by atoms with Crippen molar-refractivity contribution in [1.29, 1.82) is 0 Å². The molecule has 0 fully saturated rings. The van der Waals surface area contributed by atoms with E-state index in [0.717, 1.165) is 0 Å². The van der Waals surface area contributed by atoms with Gasteiger partial charge in [0.25, 0.3) is 0 Å². The molecule has 1 atom stereocenters. The van der Waals surface area contributed by atoms with Gasteiger partial charge in [0, 0.05) is 12.0 Å². The molecule has 26 heavy (non-hydrogen) atoms. The zero-order valence-electron chi connectivity index (χ0n) is 15.0. The maximum atomic E-state index is 14.0. The first-order valence-corrected chi connectivity index (χ1v) is 8.22. The van der Waals surface area contributed by atoms with Crippen LogP contribution in [0.15, 0.2) is 48.5 Å². The summed E-state index contributed by atoms with van der Waals surface area (Å²) in [6.07, 6.45) is -0.744. The highest BCUT2D eigenvalue weighted by molar-refractivity contribution is 5.80. The van der Waals surface area contributed by atoms with Crippen molar-refractivity contribution in [2.24, 2.45) is 0 Å². The van der Waals surface area contributed by atoms with Crippen LogP contribution in [-0.2, 0) is 16.0 Å². The summed E-state index contributed by atoms with van der Waals surface area (Å²) in [6.45, 7) is 5.08. The van der Waals surface area contributed by atoms with E-state index in [1.807, 2.05) is 0 Å². The van der Waals surface area contributed by atoms with Crippen molar-refractivity contribution in [3.05, 3.63) is 59.9 Å². The molecule has 0 aliphatic rings. The van der Waals surface area contributed by atoms with E-state index >= 15 is 0 Å². The van der Waals surface area contributed by atoms with Gasteiger partial charge in [-0.3, -0.25) is 0 Å². The average molecular weight is 359 g/mol. The largest absolute Gasteiger partial charge is 0.480 e. The predicted octanol–water partition coefficient (Wildman–Crippen LogP) is 4.01. The van der Waals surface area contributed by atoms with Gasteiger partial charge in [0.05, 0.1) is 0 Å².